The maximum absolute atomic E-state index is 4.09. The Morgan fingerprint density at radius 1 is 1.04 bits per heavy atom. The first-order chi connectivity index (χ1) is 12.6. The minimum Gasteiger partial charge on any atom is -0.355 e. The fourth-order valence-electron chi connectivity index (χ4n) is 3.34. The lowest BCUT2D eigenvalue weighted by Gasteiger charge is -2.35. The van der Waals surface area contributed by atoms with Gasteiger partial charge in [-0.15, -0.1) is 6.58 Å². The van der Waals surface area contributed by atoms with Crippen LogP contribution in [0.3, 0.4) is 0 Å². The average Bonchev–Trinajstić information content (AvgIpc) is 2.68. The summed E-state index contributed by atoms with van der Waals surface area (Å²) in [5, 5.41) is 0. The molecule has 1 heteroatoms. The Labute approximate surface area is 159 Å². The van der Waals surface area contributed by atoms with Crippen molar-refractivity contribution in [2.24, 2.45) is 5.92 Å². The van der Waals surface area contributed by atoms with E-state index in [-0.39, 0.29) is 12.1 Å². The maximum Gasteiger partial charge on any atom is 0.0660 e. The van der Waals surface area contributed by atoms with Gasteiger partial charge in [-0.3, -0.25) is 0 Å². The smallest absolute Gasteiger partial charge is 0.0660 e. The number of hydrogen-bond donors (Lipinski definition) is 0. The number of allylic oxidation sites excluding steroid dienone is 7. The van der Waals surface area contributed by atoms with Gasteiger partial charge >= 0.3 is 0 Å². The van der Waals surface area contributed by atoms with Crippen LogP contribution in [0.15, 0.2) is 103 Å². The van der Waals surface area contributed by atoms with E-state index in [9.17, 15) is 0 Å². The average molecular weight is 346 g/mol. The molecule has 136 valence electrons. The van der Waals surface area contributed by atoms with Gasteiger partial charge in [0.1, 0.15) is 0 Å². The largest absolute Gasteiger partial charge is 0.355 e. The summed E-state index contributed by atoms with van der Waals surface area (Å²) in [4.78, 5) is 2.40. The molecular formula is C25H31N. The Hall–Kier alpha value is -2.54. The standard InChI is InChI=1S/C25H31N/c1-6-12-23-17-15-20(4)16-18-24(8-3)26(21(5)19-22(23)7-2)25-13-10-9-11-14-25/h6-14,16-21,24H,2-3,15H2,1,4-5H3/b12-6-,18-16-,22-19-,23-17-. The van der Waals surface area contributed by atoms with E-state index in [1.807, 2.05) is 12.2 Å². The quantitative estimate of drug-likeness (QED) is 0.552. The second-order valence-electron chi connectivity index (χ2n) is 6.79. The molecule has 0 spiro atoms. The van der Waals surface area contributed by atoms with Gasteiger partial charge in [-0.05, 0) is 49.5 Å². The molecule has 2 rings (SSSR count). The van der Waals surface area contributed by atoms with E-state index in [1.54, 1.807) is 0 Å². The second-order valence-corrected chi connectivity index (χ2v) is 6.79. The van der Waals surface area contributed by atoms with Gasteiger partial charge in [0.25, 0.3) is 0 Å². The molecule has 0 bridgehead atoms. The molecule has 1 heterocycles. The van der Waals surface area contributed by atoms with Crippen LogP contribution in [0.4, 0.5) is 5.69 Å². The highest BCUT2D eigenvalue weighted by Crippen LogP contribution is 2.26. The Bertz CT molecular complexity index is 718. The monoisotopic (exact) mass is 345 g/mol. The molecule has 0 aliphatic carbocycles. The molecule has 3 unspecified atom stereocenters. The SMILES string of the molecule is C=C/C1=C/C(C)N(c2ccccc2)C(C=C)/C=C\C(C)C/C=C1/C=C\C. The summed E-state index contributed by atoms with van der Waals surface area (Å²) < 4.78 is 0. The Morgan fingerprint density at radius 2 is 1.77 bits per heavy atom. The number of anilines is 1. The molecule has 1 nitrogen and oxygen atoms in total. The van der Waals surface area contributed by atoms with Gasteiger partial charge in [0.2, 0.25) is 0 Å². The van der Waals surface area contributed by atoms with Crippen LogP contribution in [-0.2, 0) is 0 Å². The first-order valence-corrected chi connectivity index (χ1v) is 9.42. The number of benzene rings is 1. The molecule has 0 saturated heterocycles. The van der Waals surface area contributed by atoms with E-state index in [0.717, 1.165) is 6.42 Å². The summed E-state index contributed by atoms with van der Waals surface area (Å²) in [5.41, 5.74) is 3.60. The minimum absolute atomic E-state index is 0.139. The zero-order valence-corrected chi connectivity index (χ0v) is 16.3. The normalized spacial score (nSPS) is 29.8. The predicted octanol–water partition coefficient (Wildman–Crippen LogP) is 6.65. The Kier molecular flexibility index (Phi) is 7.47. The molecule has 1 aliphatic rings. The van der Waals surface area contributed by atoms with Gasteiger partial charge in [0.05, 0.1) is 6.04 Å². The first-order valence-electron chi connectivity index (χ1n) is 9.42. The molecule has 0 N–H and O–H groups in total. The molecule has 1 aliphatic heterocycles. The second kappa shape index (κ2) is 9.82. The minimum atomic E-state index is 0.139. The lowest BCUT2D eigenvalue weighted by Crippen LogP contribution is -2.39. The topological polar surface area (TPSA) is 3.24 Å². The summed E-state index contributed by atoms with van der Waals surface area (Å²) in [6.07, 6.45) is 18.4. The first kappa shape index (κ1) is 19.8. The van der Waals surface area contributed by atoms with Crippen LogP contribution in [-0.4, -0.2) is 12.1 Å². The van der Waals surface area contributed by atoms with Gasteiger partial charge in [0.15, 0.2) is 0 Å². The van der Waals surface area contributed by atoms with Crippen LogP contribution >= 0.6 is 0 Å². The predicted molar refractivity (Wildman–Crippen MR) is 116 cm³/mol. The summed E-state index contributed by atoms with van der Waals surface area (Å²) in [5.74, 6) is 0.467. The van der Waals surface area contributed by atoms with Crippen molar-refractivity contribution in [1.82, 2.24) is 0 Å². The van der Waals surface area contributed by atoms with E-state index in [0.29, 0.717) is 5.92 Å². The number of rotatable bonds is 4. The van der Waals surface area contributed by atoms with Crippen LogP contribution in [0.25, 0.3) is 0 Å². The van der Waals surface area contributed by atoms with Crippen molar-refractivity contribution in [2.45, 2.75) is 39.3 Å². The van der Waals surface area contributed by atoms with Crippen molar-refractivity contribution < 1.29 is 0 Å². The summed E-state index contributed by atoms with van der Waals surface area (Å²) in [6, 6.07) is 10.9. The molecule has 0 saturated carbocycles. The van der Waals surface area contributed by atoms with Crippen molar-refractivity contribution in [2.75, 3.05) is 4.90 Å². The van der Waals surface area contributed by atoms with Gasteiger partial charge < -0.3 is 4.90 Å². The summed E-state index contributed by atoms with van der Waals surface area (Å²) >= 11 is 0. The highest BCUT2D eigenvalue weighted by atomic mass is 15.2. The van der Waals surface area contributed by atoms with Crippen molar-refractivity contribution >= 4 is 5.69 Å². The molecule has 0 radical (unpaired) electrons. The molecule has 3 atom stereocenters. The van der Waals surface area contributed by atoms with Gasteiger partial charge in [0, 0.05) is 11.7 Å². The van der Waals surface area contributed by atoms with Crippen molar-refractivity contribution in [3.63, 3.8) is 0 Å². The third kappa shape index (κ3) is 4.98. The van der Waals surface area contributed by atoms with E-state index >= 15 is 0 Å². The Balaban J connectivity index is 2.59. The summed E-state index contributed by atoms with van der Waals surface area (Å²) in [6.45, 7) is 14.7. The van der Waals surface area contributed by atoms with Crippen LogP contribution in [0.2, 0.25) is 0 Å². The maximum atomic E-state index is 4.09. The highest BCUT2D eigenvalue weighted by molar-refractivity contribution is 5.54. The van der Waals surface area contributed by atoms with Crippen LogP contribution in [0.5, 0.6) is 0 Å². The van der Waals surface area contributed by atoms with Gasteiger partial charge in [-0.1, -0.05) is 80.3 Å². The molecule has 0 fully saturated rings. The summed E-state index contributed by atoms with van der Waals surface area (Å²) in [7, 11) is 0. The number of nitrogens with zero attached hydrogens (tertiary/aromatic N) is 1. The molecule has 1 aromatic carbocycles. The highest BCUT2D eigenvalue weighted by Gasteiger charge is 2.20. The van der Waals surface area contributed by atoms with E-state index in [4.69, 9.17) is 0 Å². The number of para-hydroxylation sites is 1. The third-order valence-corrected chi connectivity index (χ3v) is 4.72. The van der Waals surface area contributed by atoms with Crippen LogP contribution in [0, 0.1) is 5.92 Å². The van der Waals surface area contributed by atoms with Crippen LogP contribution in [0.1, 0.15) is 27.2 Å². The van der Waals surface area contributed by atoms with E-state index in [1.165, 1.54) is 16.8 Å². The van der Waals surface area contributed by atoms with E-state index in [2.05, 4.69) is 106 Å². The van der Waals surface area contributed by atoms with Crippen LogP contribution < -0.4 is 4.90 Å². The fraction of sp³-hybridized carbons (Fsp3) is 0.280. The molecule has 0 aromatic heterocycles. The number of hydrogen-bond acceptors (Lipinski definition) is 1. The van der Waals surface area contributed by atoms with Crippen molar-refractivity contribution in [3.05, 3.63) is 103 Å². The molecular weight excluding hydrogens is 314 g/mol. The van der Waals surface area contributed by atoms with Crippen molar-refractivity contribution in [1.29, 1.82) is 0 Å². The Morgan fingerprint density at radius 3 is 2.38 bits per heavy atom. The molecule has 1 aromatic rings. The van der Waals surface area contributed by atoms with E-state index < -0.39 is 0 Å². The zero-order chi connectivity index (χ0) is 18.9. The van der Waals surface area contributed by atoms with Crippen molar-refractivity contribution in [3.8, 4) is 0 Å². The molecule has 26 heavy (non-hydrogen) atoms. The van der Waals surface area contributed by atoms with Gasteiger partial charge in [-0.2, -0.15) is 0 Å². The lowest BCUT2D eigenvalue weighted by atomic mass is 9.99. The lowest BCUT2D eigenvalue weighted by molar-refractivity contribution is 0.702. The third-order valence-electron chi connectivity index (χ3n) is 4.72. The zero-order valence-electron chi connectivity index (χ0n) is 16.3. The molecule has 0 amide bonds. The fourth-order valence-corrected chi connectivity index (χ4v) is 3.34. The van der Waals surface area contributed by atoms with Gasteiger partial charge in [-0.25, -0.2) is 0 Å².